The van der Waals surface area contributed by atoms with Crippen LogP contribution in [0.1, 0.15) is 5.56 Å². The molecule has 0 aliphatic rings. The van der Waals surface area contributed by atoms with Crippen molar-refractivity contribution in [2.75, 3.05) is 11.9 Å². The van der Waals surface area contributed by atoms with E-state index in [1.54, 1.807) is 0 Å². The van der Waals surface area contributed by atoms with E-state index in [-0.39, 0.29) is 0 Å². The topological polar surface area (TPSA) is 12.0 Å². The Balaban J connectivity index is 1.90. The van der Waals surface area contributed by atoms with Crippen LogP contribution in [0.4, 0.5) is 5.69 Å². The van der Waals surface area contributed by atoms with E-state index < -0.39 is 0 Å². The summed E-state index contributed by atoms with van der Waals surface area (Å²) in [6.45, 7) is 0.856. The number of anilines is 1. The maximum atomic E-state index is 5.97. The second-order valence-corrected chi connectivity index (χ2v) is 5.67. The van der Waals surface area contributed by atoms with E-state index in [9.17, 15) is 0 Å². The number of hydrogen-bond acceptors (Lipinski definition) is 1. The van der Waals surface area contributed by atoms with E-state index in [2.05, 4.69) is 27.3 Å². The van der Waals surface area contributed by atoms with Gasteiger partial charge in [-0.1, -0.05) is 51.3 Å². The van der Waals surface area contributed by atoms with Gasteiger partial charge in [-0.25, -0.2) is 0 Å². The largest absolute Gasteiger partial charge is 0.385 e. The highest BCUT2D eigenvalue weighted by Crippen LogP contribution is 2.23. The van der Waals surface area contributed by atoms with Crippen LogP contribution in [0.15, 0.2) is 46.9 Å². The molecule has 1 nitrogen and oxygen atoms in total. The normalized spacial score (nSPS) is 10.4. The zero-order valence-electron chi connectivity index (χ0n) is 9.59. The quantitative estimate of drug-likeness (QED) is 0.781. The molecule has 94 valence electrons. The minimum Gasteiger partial charge on any atom is -0.385 e. The molecule has 0 aliphatic carbocycles. The molecule has 18 heavy (non-hydrogen) atoms. The lowest BCUT2D eigenvalue weighted by molar-refractivity contribution is 1.02. The van der Waals surface area contributed by atoms with Gasteiger partial charge in [0.1, 0.15) is 0 Å². The van der Waals surface area contributed by atoms with Gasteiger partial charge in [-0.15, -0.1) is 0 Å². The van der Waals surface area contributed by atoms with E-state index in [4.69, 9.17) is 23.2 Å². The van der Waals surface area contributed by atoms with E-state index in [0.29, 0.717) is 10.0 Å². The van der Waals surface area contributed by atoms with Crippen LogP contribution in [0.25, 0.3) is 0 Å². The molecule has 1 N–H and O–H groups in total. The maximum Gasteiger partial charge on any atom is 0.0595 e. The molecular weight excluding hydrogens is 333 g/mol. The first-order chi connectivity index (χ1) is 8.65. The second kappa shape index (κ2) is 6.46. The molecule has 0 fully saturated rings. The first-order valence-electron chi connectivity index (χ1n) is 5.58. The summed E-state index contributed by atoms with van der Waals surface area (Å²) in [5, 5.41) is 4.57. The van der Waals surface area contributed by atoms with Crippen LogP contribution in [-0.4, -0.2) is 6.54 Å². The Morgan fingerprint density at radius 1 is 1.00 bits per heavy atom. The highest BCUT2D eigenvalue weighted by atomic mass is 79.9. The molecule has 0 saturated heterocycles. The molecule has 0 aromatic heterocycles. The predicted octanol–water partition coefficient (Wildman–Crippen LogP) is 5.41. The van der Waals surface area contributed by atoms with E-state index in [1.165, 1.54) is 5.56 Å². The summed E-state index contributed by atoms with van der Waals surface area (Å²) in [7, 11) is 0. The van der Waals surface area contributed by atoms with Crippen molar-refractivity contribution in [3.63, 3.8) is 0 Å². The van der Waals surface area contributed by atoms with Crippen molar-refractivity contribution in [2.24, 2.45) is 0 Å². The molecule has 4 heteroatoms. The highest BCUT2D eigenvalue weighted by molar-refractivity contribution is 9.10. The van der Waals surface area contributed by atoms with Gasteiger partial charge in [0.25, 0.3) is 0 Å². The molecule has 0 aliphatic heterocycles. The molecule has 0 radical (unpaired) electrons. The number of halogens is 3. The molecule has 0 unspecified atom stereocenters. The summed E-state index contributed by atoms with van der Waals surface area (Å²) < 4.78 is 1.07. The average molecular weight is 345 g/mol. The minimum absolute atomic E-state index is 0.598. The Bertz CT molecular complexity index is 543. The van der Waals surface area contributed by atoms with Crippen molar-refractivity contribution in [1.82, 2.24) is 0 Å². The third-order valence-corrected chi connectivity index (χ3v) is 3.78. The summed E-state index contributed by atoms with van der Waals surface area (Å²) in [5.41, 5.74) is 2.27. The van der Waals surface area contributed by atoms with E-state index in [1.807, 2.05) is 36.4 Å². The zero-order chi connectivity index (χ0) is 13.0. The summed E-state index contributed by atoms with van der Waals surface area (Å²) >= 11 is 15.3. The van der Waals surface area contributed by atoms with Crippen LogP contribution in [0, 0.1) is 0 Å². The Hall–Kier alpha value is -0.700. The number of nitrogens with one attached hydrogen (secondary N) is 1. The molecule has 2 aromatic carbocycles. The Kier molecular flexibility index (Phi) is 4.93. The van der Waals surface area contributed by atoms with Crippen molar-refractivity contribution in [2.45, 2.75) is 6.42 Å². The van der Waals surface area contributed by atoms with Crippen molar-refractivity contribution in [1.29, 1.82) is 0 Å². The first kappa shape index (κ1) is 13.7. The Morgan fingerprint density at radius 2 is 1.83 bits per heavy atom. The molecule has 0 amide bonds. The average Bonchev–Trinajstić information content (AvgIpc) is 2.34. The van der Waals surface area contributed by atoms with Crippen LogP contribution in [-0.2, 0) is 6.42 Å². The lowest BCUT2D eigenvalue weighted by Gasteiger charge is -2.07. The van der Waals surface area contributed by atoms with Crippen molar-refractivity contribution >= 4 is 44.8 Å². The molecule has 2 rings (SSSR count). The van der Waals surface area contributed by atoms with Gasteiger partial charge in [0.05, 0.1) is 10.0 Å². The SMILES string of the molecule is Clc1ccc(CCNc2cccc(Br)c2)cc1Cl. The van der Waals surface area contributed by atoms with Crippen LogP contribution < -0.4 is 5.32 Å². The molecule has 0 atom stereocenters. The van der Waals surface area contributed by atoms with Gasteiger partial charge in [-0.05, 0) is 42.3 Å². The van der Waals surface area contributed by atoms with Gasteiger partial charge in [-0.2, -0.15) is 0 Å². The maximum absolute atomic E-state index is 5.97. The third-order valence-electron chi connectivity index (χ3n) is 2.55. The summed E-state index contributed by atoms with van der Waals surface area (Å²) in [6.07, 6.45) is 0.906. The third kappa shape index (κ3) is 3.91. The van der Waals surface area contributed by atoms with Crippen molar-refractivity contribution < 1.29 is 0 Å². The van der Waals surface area contributed by atoms with Gasteiger partial charge in [0, 0.05) is 16.7 Å². The standard InChI is InChI=1S/C14H12BrCl2N/c15-11-2-1-3-12(9-11)18-7-6-10-4-5-13(16)14(17)8-10/h1-5,8-9,18H,6-7H2. The first-order valence-corrected chi connectivity index (χ1v) is 7.13. The molecular formula is C14H12BrCl2N. The van der Waals surface area contributed by atoms with Crippen LogP contribution in [0.5, 0.6) is 0 Å². The second-order valence-electron chi connectivity index (χ2n) is 3.94. The van der Waals surface area contributed by atoms with Gasteiger partial charge in [0.2, 0.25) is 0 Å². The number of hydrogen-bond donors (Lipinski definition) is 1. The summed E-state index contributed by atoms with van der Waals surface area (Å²) in [6, 6.07) is 13.8. The van der Waals surface area contributed by atoms with Crippen molar-refractivity contribution in [3.05, 3.63) is 62.5 Å². The Morgan fingerprint density at radius 3 is 2.56 bits per heavy atom. The highest BCUT2D eigenvalue weighted by Gasteiger charge is 1.99. The van der Waals surface area contributed by atoms with E-state index in [0.717, 1.165) is 23.1 Å². The zero-order valence-corrected chi connectivity index (χ0v) is 12.7. The minimum atomic E-state index is 0.598. The smallest absolute Gasteiger partial charge is 0.0595 e. The monoisotopic (exact) mass is 343 g/mol. The fourth-order valence-electron chi connectivity index (χ4n) is 1.64. The lowest BCUT2D eigenvalue weighted by Crippen LogP contribution is -2.04. The van der Waals surface area contributed by atoms with Gasteiger partial charge < -0.3 is 5.32 Å². The van der Waals surface area contributed by atoms with E-state index >= 15 is 0 Å². The molecule has 0 heterocycles. The number of benzene rings is 2. The van der Waals surface area contributed by atoms with Crippen LogP contribution in [0.3, 0.4) is 0 Å². The van der Waals surface area contributed by atoms with Gasteiger partial charge >= 0.3 is 0 Å². The molecule has 2 aromatic rings. The van der Waals surface area contributed by atoms with Gasteiger partial charge in [-0.3, -0.25) is 0 Å². The molecule has 0 bridgehead atoms. The summed E-state index contributed by atoms with van der Waals surface area (Å²) in [5.74, 6) is 0. The predicted molar refractivity (Wildman–Crippen MR) is 82.8 cm³/mol. The van der Waals surface area contributed by atoms with Crippen LogP contribution in [0.2, 0.25) is 10.0 Å². The summed E-state index contributed by atoms with van der Waals surface area (Å²) in [4.78, 5) is 0. The van der Waals surface area contributed by atoms with Crippen molar-refractivity contribution in [3.8, 4) is 0 Å². The molecule has 0 saturated carbocycles. The molecule has 0 spiro atoms. The van der Waals surface area contributed by atoms with Gasteiger partial charge in [0.15, 0.2) is 0 Å². The van der Waals surface area contributed by atoms with Crippen LogP contribution >= 0.6 is 39.1 Å². The Labute approximate surface area is 125 Å². The lowest BCUT2D eigenvalue weighted by atomic mass is 10.1. The number of rotatable bonds is 4. The fraction of sp³-hybridized carbons (Fsp3) is 0.143. The fourth-order valence-corrected chi connectivity index (χ4v) is 2.36.